The Morgan fingerprint density at radius 3 is 2.62 bits per heavy atom. The molecule has 1 aliphatic heterocycles. The molecule has 3 heteroatoms. The van der Waals surface area contributed by atoms with Crippen LogP contribution >= 0.6 is 0 Å². The molecule has 2 N–H and O–H groups in total. The van der Waals surface area contributed by atoms with E-state index in [1.165, 1.54) is 0 Å². The van der Waals surface area contributed by atoms with Gasteiger partial charge in [0.15, 0.2) is 0 Å². The number of rotatable bonds is 1. The second-order valence-electron chi connectivity index (χ2n) is 6.49. The highest BCUT2D eigenvalue weighted by atomic mass is 16.2. The fourth-order valence-electron chi connectivity index (χ4n) is 2.57. The molecule has 1 amide bonds. The molecule has 0 saturated carbocycles. The second-order valence-corrected chi connectivity index (χ2v) is 6.49. The summed E-state index contributed by atoms with van der Waals surface area (Å²) in [5.41, 5.74) is 8.36. The number of benzene rings is 1. The van der Waals surface area contributed by atoms with E-state index in [0.29, 0.717) is 12.0 Å². The van der Waals surface area contributed by atoms with E-state index in [0.717, 1.165) is 42.6 Å². The molecule has 0 aliphatic carbocycles. The standard InChI is InChI=1S/C18H24N2O/c1-14-6-7-15(5-4-10-19)13-16(14)17(21)20-11-8-18(2,3)9-12-20/h6-7,13H,8-12,19H2,1-3H3. The molecule has 0 atom stereocenters. The molecule has 112 valence electrons. The number of carbonyl (C=O) groups is 1. The van der Waals surface area contributed by atoms with Gasteiger partial charge in [-0.1, -0.05) is 31.8 Å². The first kappa shape index (κ1) is 15.6. The van der Waals surface area contributed by atoms with Gasteiger partial charge in [0.2, 0.25) is 0 Å². The molecule has 1 heterocycles. The normalized spacial score (nSPS) is 17.0. The number of hydrogen-bond donors (Lipinski definition) is 1. The van der Waals surface area contributed by atoms with E-state index in [4.69, 9.17) is 5.73 Å². The van der Waals surface area contributed by atoms with Crippen molar-refractivity contribution in [2.45, 2.75) is 33.6 Å². The smallest absolute Gasteiger partial charge is 0.254 e. The van der Waals surface area contributed by atoms with Gasteiger partial charge >= 0.3 is 0 Å². The van der Waals surface area contributed by atoms with Gasteiger partial charge in [0.25, 0.3) is 5.91 Å². The molecule has 0 bridgehead atoms. The SMILES string of the molecule is Cc1ccc(C#CCN)cc1C(=O)N1CCC(C)(C)CC1. The van der Waals surface area contributed by atoms with Crippen molar-refractivity contribution in [3.63, 3.8) is 0 Å². The molecule has 0 unspecified atom stereocenters. The average molecular weight is 284 g/mol. The van der Waals surface area contributed by atoms with Gasteiger partial charge in [0, 0.05) is 24.2 Å². The Morgan fingerprint density at radius 1 is 1.33 bits per heavy atom. The van der Waals surface area contributed by atoms with Crippen LogP contribution in [0.3, 0.4) is 0 Å². The molecule has 1 saturated heterocycles. The third kappa shape index (κ3) is 3.86. The Labute approximate surface area is 127 Å². The van der Waals surface area contributed by atoms with E-state index in [1.54, 1.807) is 0 Å². The van der Waals surface area contributed by atoms with Crippen LogP contribution in [0, 0.1) is 24.2 Å². The number of likely N-dealkylation sites (tertiary alicyclic amines) is 1. The number of amides is 1. The molecular formula is C18H24N2O. The molecule has 1 aromatic carbocycles. The van der Waals surface area contributed by atoms with Crippen molar-refractivity contribution < 1.29 is 4.79 Å². The summed E-state index contributed by atoms with van der Waals surface area (Å²) < 4.78 is 0. The highest BCUT2D eigenvalue weighted by Crippen LogP contribution is 2.30. The maximum absolute atomic E-state index is 12.7. The van der Waals surface area contributed by atoms with Crippen LogP contribution in [0.2, 0.25) is 0 Å². The number of piperidine rings is 1. The molecule has 21 heavy (non-hydrogen) atoms. The summed E-state index contributed by atoms with van der Waals surface area (Å²) in [7, 11) is 0. The van der Waals surface area contributed by atoms with Crippen LogP contribution < -0.4 is 5.73 Å². The summed E-state index contributed by atoms with van der Waals surface area (Å²) in [6.45, 7) is 8.51. The Hall–Kier alpha value is -1.79. The van der Waals surface area contributed by atoms with Gasteiger partial charge in [-0.05, 0) is 42.9 Å². The van der Waals surface area contributed by atoms with Crippen LogP contribution in [-0.2, 0) is 0 Å². The molecule has 1 fully saturated rings. The zero-order valence-corrected chi connectivity index (χ0v) is 13.2. The molecule has 1 aromatic rings. The summed E-state index contributed by atoms with van der Waals surface area (Å²) in [5.74, 6) is 5.95. The topological polar surface area (TPSA) is 46.3 Å². The summed E-state index contributed by atoms with van der Waals surface area (Å²) in [6.07, 6.45) is 2.12. The minimum atomic E-state index is 0.124. The summed E-state index contributed by atoms with van der Waals surface area (Å²) >= 11 is 0. The fraction of sp³-hybridized carbons (Fsp3) is 0.500. The number of carbonyl (C=O) groups excluding carboxylic acids is 1. The molecular weight excluding hydrogens is 260 g/mol. The molecule has 2 rings (SSSR count). The van der Waals surface area contributed by atoms with E-state index in [1.807, 2.05) is 30.0 Å². The van der Waals surface area contributed by atoms with Gasteiger partial charge in [-0.25, -0.2) is 0 Å². The minimum absolute atomic E-state index is 0.124. The first-order valence-corrected chi connectivity index (χ1v) is 7.52. The zero-order valence-electron chi connectivity index (χ0n) is 13.2. The van der Waals surface area contributed by atoms with Crippen LogP contribution in [0.25, 0.3) is 0 Å². The van der Waals surface area contributed by atoms with Crippen molar-refractivity contribution in [1.82, 2.24) is 4.90 Å². The first-order valence-electron chi connectivity index (χ1n) is 7.52. The molecule has 0 spiro atoms. The Bertz CT molecular complexity index is 583. The number of nitrogens with two attached hydrogens (primary N) is 1. The van der Waals surface area contributed by atoms with Crippen LogP contribution in [0.1, 0.15) is 48.2 Å². The van der Waals surface area contributed by atoms with E-state index < -0.39 is 0 Å². The maximum Gasteiger partial charge on any atom is 0.254 e. The third-order valence-corrected chi connectivity index (χ3v) is 4.21. The largest absolute Gasteiger partial charge is 0.339 e. The predicted octanol–water partition coefficient (Wildman–Crippen LogP) is 2.57. The first-order chi connectivity index (χ1) is 9.93. The Balaban J connectivity index is 2.19. The highest BCUT2D eigenvalue weighted by molar-refractivity contribution is 5.96. The minimum Gasteiger partial charge on any atom is -0.339 e. The second kappa shape index (κ2) is 6.32. The number of nitrogens with zero attached hydrogens (tertiary/aromatic N) is 1. The zero-order chi connectivity index (χ0) is 15.5. The lowest BCUT2D eigenvalue weighted by molar-refractivity contribution is 0.0629. The van der Waals surface area contributed by atoms with Crippen molar-refractivity contribution >= 4 is 5.91 Å². The maximum atomic E-state index is 12.7. The lowest BCUT2D eigenvalue weighted by Crippen LogP contribution is -2.41. The third-order valence-electron chi connectivity index (χ3n) is 4.21. The van der Waals surface area contributed by atoms with E-state index in [9.17, 15) is 4.79 Å². The van der Waals surface area contributed by atoms with Gasteiger partial charge in [0.1, 0.15) is 0 Å². The van der Waals surface area contributed by atoms with Crippen LogP contribution in [0.15, 0.2) is 18.2 Å². The predicted molar refractivity (Wildman–Crippen MR) is 86.0 cm³/mol. The Morgan fingerprint density at radius 2 is 2.00 bits per heavy atom. The van der Waals surface area contributed by atoms with Crippen molar-refractivity contribution in [3.8, 4) is 11.8 Å². The van der Waals surface area contributed by atoms with E-state index in [2.05, 4.69) is 25.7 Å². The average Bonchev–Trinajstić information content (AvgIpc) is 2.46. The number of aryl methyl sites for hydroxylation is 1. The molecule has 0 aromatic heterocycles. The summed E-state index contributed by atoms with van der Waals surface area (Å²) in [4.78, 5) is 14.7. The quantitative estimate of drug-likeness (QED) is 0.806. The fourth-order valence-corrected chi connectivity index (χ4v) is 2.57. The monoisotopic (exact) mass is 284 g/mol. The van der Waals surface area contributed by atoms with Crippen molar-refractivity contribution in [1.29, 1.82) is 0 Å². The van der Waals surface area contributed by atoms with Gasteiger partial charge in [0.05, 0.1) is 6.54 Å². The number of hydrogen-bond acceptors (Lipinski definition) is 2. The van der Waals surface area contributed by atoms with Crippen LogP contribution in [-0.4, -0.2) is 30.4 Å². The lowest BCUT2D eigenvalue weighted by atomic mass is 9.82. The summed E-state index contributed by atoms with van der Waals surface area (Å²) in [5, 5.41) is 0. The highest BCUT2D eigenvalue weighted by Gasteiger charge is 2.28. The van der Waals surface area contributed by atoms with E-state index >= 15 is 0 Å². The van der Waals surface area contributed by atoms with Crippen molar-refractivity contribution in [3.05, 3.63) is 34.9 Å². The van der Waals surface area contributed by atoms with Gasteiger partial charge in [-0.3, -0.25) is 4.79 Å². The lowest BCUT2D eigenvalue weighted by Gasteiger charge is -2.37. The van der Waals surface area contributed by atoms with E-state index in [-0.39, 0.29) is 5.91 Å². The van der Waals surface area contributed by atoms with Crippen molar-refractivity contribution in [2.75, 3.05) is 19.6 Å². The van der Waals surface area contributed by atoms with Crippen LogP contribution in [0.4, 0.5) is 0 Å². The van der Waals surface area contributed by atoms with Crippen molar-refractivity contribution in [2.24, 2.45) is 11.1 Å². The molecule has 0 radical (unpaired) electrons. The van der Waals surface area contributed by atoms with Gasteiger partial charge in [-0.2, -0.15) is 0 Å². The Kier molecular flexibility index (Phi) is 4.69. The van der Waals surface area contributed by atoms with Crippen LogP contribution in [0.5, 0.6) is 0 Å². The van der Waals surface area contributed by atoms with Gasteiger partial charge < -0.3 is 10.6 Å². The molecule has 1 aliphatic rings. The van der Waals surface area contributed by atoms with Gasteiger partial charge in [-0.15, -0.1) is 0 Å². The molecule has 3 nitrogen and oxygen atoms in total. The summed E-state index contributed by atoms with van der Waals surface area (Å²) in [6, 6.07) is 5.79.